The van der Waals surface area contributed by atoms with Crippen LogP contribution in [0.3, 0.4) is 0 Å². The molecule has 0 N–H and O–H groups in total. The standard InChI is InChI=1S/C30H10N8/c31-11-19-23(17-7-3-1-4-8-17)29(37-15-35)27-22(14-34)28-26(21(13-33)25(19)27)20(12-32)24(30(28)38-16-36)18-9-5-2-6-10-18/h1-10H. The Bertz CT molecular complexity index is 2030. The summed E-state index contributed by atoms with van der Waals surface area (Å²) in [6, 6.07) is 26.0. The molecule has 5 rings (SSSR count). The van der Waals surface area contributed by atoms with Crippen molar-refractivity contribution in [1.29, 1.82) is 31.6 Å². The molecule has 0 aromatic heterocycles. The van der Waals surface area contributed by atoms with Crippen molar-refractivity contribution in [2.24, 2.45) is 9.98 Å². The lowest BCUT2D eigenvalue weighted by Gasteiger charge is -2.03. The third-order valence-electron chi connectivity index (χ3n) is 6.34. The van der Waals surface area contributed by atoms with Gasteiger partial charge in [-0.2, -0.15) is 41.6 Å². The van der Waals surface area contributed by atoms with Gasteiger partial charge in [0, 0.05) is 32.7 Å². The van der Waals surface area contributed by atoms with E-state index in [9.17, 15) is 31.6 Å². The van der Waals surface area contributed by atoms with Crippen LogP contribution in [0.25, 0.3) is 43.8 Å². The van der Waals surface area contributed by atoms with E-state index in [1.165, 1.54) is 0 Å². The molecule has 0 amide bonds. The van der Waals surface area contributed by atoms with Crippen LogP contribution in [0.1, 0.15) is 22.3 Å². The maximum atomic E-state index is 10.4. The fourth-order valence-corrected chi connectivity index (χ4v) is 5.00. The number of nitriles is 6. The molecular weight excluding hydrogens is 472 g/mol. The van der Waals surface area contributed by atoms with Crippen LogP contribution >= 0.6 is 0 Å². The summed E-state index contributed by atoms with van der Waals surface area (Å²) in [4.78, 5) is 7.97. The van der Waals surface area contributed by atoms with Gasteiger partial charge in [0.2, 0.25) is 12.4 Å². The summed E-state index contributed by atoms with van der Waals surface area (Å²) in [6.07, 6.45) is 3.50. The summed E-state index contributed by atoms with van der Waals surface area (Å²) >= 11 is 0. The minimum absolute atomic E-state index is 0.0322. The van der Waals surface area contributed by atoms with Gasteiger partial charge in [-0.05, 0) is 11.1 Å². The van der Waals surface area contributed by atoms with Crippen molar-refractivity contribution >= 4 is 21.5 Å². The molecule has 0 bridgehead atoms. The van der Waals surface area contributed by atoms with Crippen LogP contribution in [0.4, 0.5) is 0 Å². The predicted octanol–water partition coefficient (Wildman–Crippen LogP) is 4.45. The molecule has 0 saturated carbocycles. The van der Waals surface area contributed by atoms with Gasteiger partial charge in [-0.25, -0.2) is 0 Å². The highest BCUT2D eigenvalue weighted by molar-refractivity contribution is 6.18. The van der Waals surface area contributed by atoms with Crippen LogP contribution in [-0.2, 0) is 0 Å². The summed E-state index contributed by atoms with van der Waals surface area (Å²) in [5.41, 5.74) is 1.77. The van der Waals surface area contributed by atoms with Crippen LogP contribution in [0.15, 0.2) is 70.6 Å². The Morgan fingerprint density at radius 3 is 1.08 bits per heavy atom. The van der Waals surface area contributed by atoms with E-state index in [0.29, 0.717) is 22.3 Å². The lowest BCUT2D eigenvalue weighted by atomic mass is 9.94. The lowest BCUT2D eigenvalue weighted by Crippen LogP contribution is -2.07. The van der Waals surface area contributed by atoms with Gasteiger partial charge in [0.25, 0.3) is 0 Å². The predicted molar refractivity (Wildman–Crippen MR) is 136 cm³/mol. The molecule has 170 valence electrons. The fourth-order valence-electron chi connectivity index (χ4n) is 5.00. The molecule has 0 unspecified atom stereocenters. The molecule has 8 heteroatoms. The molecule has 0 radical (unpaired) electrons. The second kappa shape index (κ2) is 9.23. The van der Waals surface area contributed by atoms with E-state index in [0.717, 1.165) is 0 Å². The SMILES string of the molecule is N#CN=c1c(-c2ccccc2)c(C#N)c2c(C#N)c3c(C#N)c(-c4ccccc4)c(=NC#N)c3c(C#N)c12. The van der Waals surface area contributed by atoms with Gasteiger partial charge in [-0.15, -0.1) is 0 Å². The van der Waals surface area contributed by atoms with Gasteiger partial charge in [-0.1, -0.05) is 60.7 Å². The molecule has 5 aromatic carbocycles. The number of rotatable bonds is 2. The van der Waals surface area contributed by atoms with Crippen LogP contribution in [0.2, 0.25) is 0 Å². The third kappa shape index (κ3) is 3.11. The first-order valence-corrected chi connectivity index (χ1v) is 11.1. The monoisotopic (exact) mass is 482 g/mol. The van der Waals surface area contributed by atoms with Crippen molar-refractivity contribution in [3.05, 3.63) is 93.6 Å². The summed E-state index contributed by atoms with van der Waals surface area (Å²) in [5.74, 6) is 0. The molecule has 0 spiro atoms. The molecule has 38 heavy (non-hydrogen) atoms. The van der Waals surface area contributed by atoms with E-state index in [1.807, 2.05) is 0 Å². The Kier molecular flexibility index (Phi) is 5.63. The first-order valence-electron chi connectivity index (χ1n) is 11.1. The number of nitrogens with zero attached hydrogens (tertiary/aromatic N) is 8. The van der Waals surface area contributed by atoms with Crippen LogP contribution in [0, 0.1) is 68.2 Å². The molecule has 0 aliphatic rings. The largest absolute Gasteiger partial charge is 0.206 e. The van der Waals surface area contributed by atoms with Gasteiger partial charge in [0.05, 0.1) is 33.0 Å². The molecular formula is C30H10N8. The smallest absolute Gasteiger partial charge is 0.192 e. The average Bonchev–Trinajstić information content (AvgIpc) is 3.46. The molecule has 5 aromatic rings. The highest BCUT2D eigenvalue weighted by Crippen LogP contribution is 2.40. The van der Waals surface area contributed by atoms with Crippen LogP contribution in [-0.4, -0.2) is 0 Å². The summed E-state index contributed by atoms with van der Waals surface area (Å²) in [5, 5.41) is 61.1. The molecule has 0 saturated heterocycles. The van der Waals surface area contributed by atoms with Crippen LogP contribution in [0.5, 0.6) is 0 Å². The Labute approximate surface area is 215 Å². The minimum Gasteiger partial charge on any atom is -0.192 e. The number of fused-ring (bicyclic) bond motifs is 2. The Hall–Kier alpha value is -6.58. The second-order valence-corrected chi connectivity index (χ2v) is 8.05. The van der Waals surface area contributed by atoms with Gasteiger partial charge in [-0.3, -0.25) is 0 Å². The van der Waals surface area contributed by atoms with E-state index in [-0.39, 0.29) is 54.5 Å². The third-order valence-corrected chi connectivity index (χ3v) is 6.34. The zero-order valence-electron chi connectivity index (χ0n) is 19.4. The Morgan fingerprint density at radius 1 is 0.421 bits per heavy atom. The summed E-state index contributed by atoms with van der Waals surface area (Å²) in [7, 11) is 0. The van der Waals surface area contributed by atoms with E-state index in [2.05, 4.69) is 34.3 Å². The Morgan fingerprint density at radius 2 is 0.763 bits per heavy atom. The highest BCUT2D eigenvalue weighted by atomic mass is 14.7. The fraction of sp³-hybridized carbons (Fsp3) is 0. The second-order valence-electron chi connectivity index (χ2n) is 8.05. The normalized spacial score (nSPS) is 11.3. The van der Waals surface area contributed by atoms with Crippen molar-refractivity contribution in [1.82, 2.24) is 0 Å². The van der Waals surface area contributed by atoms with Gasteiger partial charge in [0.15, 0.2) is 0 Å². The summed E-state index contributed by atoms with van der Waals surface area (Å²) < 4.78 is 0. The molecule has 0 aliphatic heterocycles. The van der Waals surface area contributed by atoms with E-state index in [4.69, 9.17) is 0 Å². The molecule has 8 nitrogen and oxygen atoms in total. The van der Waals surface area contributed by atoms with Crippen molar-refractivity contribution in [2.75, 3.05) is 0 Å². The maximum Gasteiger partial charge on any atom is 0.206 e. The zero-order chi connectivity index (χ0) is 26.8. The molecule has 0 heterocycles. The average molecular weight is 482 g/mol. The summed E-state index contributed by atoms with van der Waals surface area (Å²) in [6.45, 7) is 0. The highest BCUT2D eigenvalue weighted by Gasteiger charge is 2.30. The van der Waals surface area contributed by atoms with E-state index in [1.54, 1.807) is 73.0 Å². The van der Waals surface area contributed by atoms with Crippen molar-refractivity contribution < 1.29 is 0 Å². The quantitative estimate of drug-likeness (QED) is 0.337. The number of hydrogen-bond donors (Lipinski definition) is 0. The number of hydrogen-bond acceptors (Lipinski definition) is 8. The van der Waals surface area contributed by atoms with Crippen molar-refractivity contribution in [3.63, 3.8) is 0 Å². The van der Waals surface area contributed by atoms with Gasteiger partial charge in [0.1, 0.15) is 24.3 Å². The lowest BCUT2D eigenvalue weighted by molar-refractivity contribution is 1.35. The maximum absolute atomic E-state index is 10.4. The van der Waals surface area contributed by atoms with Crippen molar-refractivity contribution in [2.45, 2.75) is 0 Å². The molecule has 0 fully saturated rings. The first-order chi connectivity index (χ1) is 18.7. The van der Waals surface area contributed by atoms with Crippen LogP contribution < -0.4 is 10.7 Å². The van der Waals surface area contributed by atoms with E-state index >= 15 is 0 Å². The molecule has 0 aliphatic carbocycles. The van der Waals surface area contributed by atoms with Gasteiger partial charge >= 0.3 is 0 Å². The first kappa shape index (κ1) is 23.2. The van der Waals surface area contributed by atoms with Gasteiger partial charge < -0.3 is 0 Å². The zero-order valence-corrected chi connectivity index (χ0v) is 19.4. The topological polar surface area (TPSA) is 167 Å². The minimum atomic E-state index is -0.0330. The van der Waals surface area contributed by atoms with E-state index < -0.39 is 0 Å². The molecule has 0 atom stereocenters. The number of benzene rings is 3. The Balaban J connectivity index is 2.23. The van der Waals surface area contributed by atoms with Crippen molar-refractivity contribution in [3.8, 4) is 58.9 Å².